The van der Waals surface area contributed by atoms with Gasteiger partial charge in [0.2, 0.25) is 5.88 Å². The Morgan fingerprint density at radius 2 is 1.90 bits per heavy atom. The number of furan rings is 1. The highest BCUT2D eigenvalue weighted by Crippen LogP contribution is 2.41. The summed E-state index contributed by atoms with van der Waals surface area (Å²) in [5.74, 6) is -0.330. The first-order valence-corrected chi connectivity index (χ1v) is 6.68. The third-order valence-electron chi connectivity index (χ3n) is 3.46. The van der Waals surface area contributed by atoms with Crippen LogP contribution in [0.25, 0.3) is 22.1 Å². The van der Waals surface area contributed by atoms with Gasteiger partial charge in [0.15, 0.2) is 5.58 Å². The molecule has 0 fully saturated rings. The topological polar surface area (TPSA) is 78.1 Å². The normalized spacial score (nSPS) is 11.2. The third-order valence-corrected chi connectivity index (χ3v) is 3.75. The lowest BCUT2D eigenvalue weighted by Crippen LogP contribution is -1.95. The Kier molecular flexibility index (Phi) is 3.02. The first-order chi connectivity index (χ1) is 9.90. The summed E-state index contributed by atoms with van der Waals surface area (Å²) in [6.07, 6.45) is 0. The molecule has 4 nitrogen and oxygen atoms in total. The predicted octanol–water partition coefficient (Wildman–Crippen LogP) is 4.07. The van der Waals surface area contributed by atoms with Crippen molar-refractivity contribution in [1.29, 1.82) is 0 Å². The van der Waals surface area contributed by atoms with Crippen LogP contribution in [0.2, 0.25) is 5.02 Å². The lowest BCUT2D eigenvalue weighted by Gasteiger charge is -2.10. The van der Waals surface area contributed by atoms with E-state index in [1.54, 1.807) is 6.07 Å². The van der Waals surface area contributed by atoms with E-state index in [1.165, 1.54) is 12.1 Å². The molecule has 1 aromatic carbocycles. The van der Waals surface area contributed by atoms with Crippen molar-refractivity contribution in [2.45, 2.75) is 13.8 Å². The van der Waals surface area contributed by atoms with E-state index in [-0.39, 0.29) is 10.9 Å². The Bertz CT molecular complexity index is 873. The zero-order chi connectivity index (χ0) is 15.3. The molecule has 4 N–H and O–H groups in total. The number of aromatic nitrogens is 1. The smallest absolute Gasteiger partial charge is 0.214 e. The fourth-order valence-corrected chi connectivity index (χ4v) is 2.69. The molecule has 0 saturated heterocycles. The van der Waals surface area contributed by atoms with Crippen molar-refractivity contribution in [2.75, 3.05) is 11.5 Å². The zero-order valence-electron chi connectivity index (χ0n) is 11.5. The van der Waals surface area contributed by atoms with Crippen LogP contribution in [-0.4, -0.2) is 4.98 Å². The van der Waals surface area contributed by atoms with Crippen LogP contribution < -0.4 is 11.5 Å². The SMILES string of the molecule is Cc1nc(C)c2oc(N)c(N)c2c1-c1ccc(F)c(Cl)c1. The summed E-state index contributed by atoms with van der Waals surface area (Å²) < 4.78 is 18.8. The number of nitrogen functional groups attached to an aromatic ring is 2. The molecule has 0 amide bonds. The molecule has 0 atom stereocenters. The number of nitrogens with two attached hydrogens (primary N) is 2. The number of rotatable bonds is 1. The molecular weight excluding hydrogens is 293 g/mol. The van der Waals surface area contributed by atoms with Crippen molar-refractivity contribution in [2.24, 2.45) is 0 Å². The van der Waals surface area contributed by atoms with E-state index in [0.717, 1.165) is 11.3 Å². The second-order valence-electron chi connectivity index (χ2n) is 4.87. The van der Waals surface area contributed by atoms with Crippen LogP contribution in [0.1, 0.15) is 11.4 Å². The first-order valence-electron chi connectivity index (χ1n) is 6.30. The number of anilines is 2. The molecule has 0 bridgehead atoms. The van der Waals surface area contributed by atoms with Crippen LogP contribution in [0.5, 0.6) is 0 Å². The van der Waals surface area contributed by atoms with Crippen LogP contribution in [0.4, 0.5) is 16.0 Å². The molecule has 0 saturated carbocycles. The summed E-state index contributed by atoms with van der Waals surface area (Å²) in [5.41, 5.74) is 15.6. The summed E-state index contributed by atoms with van der Waals surface area (Å²) in [4.78, 5) is 4.44. The highest BCUT2D eigenvalue weighted by atomic mass is 35.5. The Balaban J connectivity index is 2.43. The average Bonchev–Trinajstić information content (AvgIpc) is 2.71. The van der Waals surface area contributed by atoms with Crippen LogP contribution in [-0.2, 0) is 0 Å². The lowest BCUT2D eigenvalue weighted by atomic mass is 9.99. The van der Waals surface area contributed by atoms with E-state index in [0.29, 0.717) is 27.9 Å². The minimum absolute atomic E-state index is 0.0377. The number of pyridine rings is 1. The van der Waals surface area contributed by atoms with Gasteiger partial charge in [-0.05, 0) is 31.5 Å². The molecule has 2 aromatic heterocycles. The van der Waals surface area contributed by atoms with E-state index < -0.39 is 5.82 Å². The van der Waals surface area contributed by atoms with Gasteiger partial charge in [0.1, 0.15) is 11.5 Å². The molecule has 6 heteroatoms. The highest BCUT2D eigenvalue weighted by Gasteiger charge is 2.20. The molecule has 0 aliphatic carbocycles. The molecule has 2 heterocycles. The van der Waals surface area contributed by atoms with Gasteiger partial charge in [-0.1, -0.05) is 17.7 Å². The zero-order valence-corrected chi connectivity index (χ0v) is 12.3. The summed E-state index contributed by atoms with van der Waals surface area (Å²) in [7, 11) is 0. The number of benzene rings is 1. The predicted molar refractivity (Wildman–Crippen MR) is 82.7 cm³/mol. The van der Waals surface area contributed by atoms with Gasteiger partial charge in [-0.2, -0.15) is 0 Å². The number of nitrogens with zero attached hydrogens (tertiary/aromatic N) is 1. The fraction of sp³-hybridized carbons (Fsp3) is 0.133. The summed E-state index contributed by atoms with van der Waals surface area (Å²) in [6, 6.07) is 4.48. The van der Waals surface area contributed by atoms with Gasteiger partial charge >= 0.3 is 0 Å². The van der Waals surface area contributed by atoms with Gasteiger partial charge < -0.3 is 15.9 Å². The molecule has 0 unspecified atom stereocenters. The quantitative estimate of drug-likeness (QED) is 0.710. The molecule has 0 aliphatic heterocycles. The summed E-state index contributed by atoms with van der Waals surface area (Å²) >= 11 is 5.87. The number of hydrogen-bond donors (Lipinski definition) is 2. The second-order valence-corrected chi connectivity index (χ2v) is 5.28. The molecular formula is C15H13ClFN3O. The van der Waals surface area contributed by atoms with Crippen LogP contribution >= 0.6 is 11.6 Å². The van der Waals surface area contributed by atoms with E-state index in [2.05, 4.69) is 4.98 Å². The van der Waals surface area contributed by atoms with E-state index >= 15 is 0 Å². The Labute approximate surface area is 125 Å². The standard InChI is InChI=1S/C15H13ClFN3O/c1-6-11(8-3-4-10(17)9(16)5-8)12-13(18)15(19)21-14(12)7(2)20-6/h3-5H,18-19H2,1-2H3. The van der Waals surface area contributed by atoms with Gasteiger partial charge in [0.05, 0.1) is 16.1 Å². The Morgan fingerprint density at radius 3 is 2.57 bits per heavy atom. The van der Waals surface area contributed by atoms with E-state index in [9.17, 15) is 4.39 Å². The largest absolute Gasteiger partial charge is 0.437 e. The van der Waals surface area contributed by atoms with Gasteiger partial charge in [-0.3, -0.25) is 4.98 Å². The van der Waals surface area contributed by atoms with Gasteiger partial charge in [-0.25, -0.2) is 4.39 Å². The lowest BCUT2D eigenvalue weighted by molar-refractivity contribution is 0.628. The minimum Gasteiger partial charge on any atom is -0.437 e. The molecule has 108 valence electrons. The molecule has 21 heavy (non-hydrogen) atoms. The van der Waals surface area contributed by atoms with Crippen LogP contribution in [0, 0.1) is 19.7 Å². The van der Waals surface area contributed by atoms with E-state index in [4.69, 9.17) is 27.5 Å². The Hall–Kier alpha value is -2.27. The Morgan fingerprint density at radius 1 is 1.19 bits per heavy atom. The molecule has 0 radical (unpaired) electrons. The van der Waals surface area contributed by atoms with Crippen molar-refractivity contribution in [1.82, 2.24) is 4.98 Å². The number of halogens is 2. The number of fused-ring (bicyclic) bond motifs is 1. The summed E-state index contributed by atoms with van der Waals surface area (Å²) in [6.45, 7) is 3.67. The van der Waals surface area contributed by atoms with Gasteiger partial charge in [0, 0.05) is 11.3 Å². The maximum absolute atomic E-state index is 13.4. The average molecular weight is 306 g/mol. The molecule has 3 aromatic rings. The molecule has 0 aliphatic rings. The molecule has 0 spiro atoms. The van der Waals surface area contributed by atoms with Gasteiger partial charge in [0.25, 0.3) is 0 Å². The van der Waals surface area contributed by atoms with Crippen molar-refractivity contribution in [3.8, 4) is 11.1 Å². The third kappa shape index (κ3) is 2.01. The van der Waals surface area contributed by atoms with Gasteiger partial charge in [-0.15, -0.1) is 0 Å². The second kappa shape index (κ2) is 4.63. The van der Waals surface area contributed by atoms with Crippen molar-refractivity contribution in [3.05, 3.63) is 40.4 Å². The number of aryl methyl sites for hydroxylation is 2. The highest BCUT2D eigenvalue weighted by molar-refractivity contribution is 6.31. The first kappa shape index (κ1) is 13.7. The van der Waals surface area contributed by atoms with Crippen molar-refractivity contribution >= 4 is 34.1 Å². The van der Waals surface area contributed by atoms with E-state index in [1.807, 2.05) is 13.8 Å². The van der Waals surface area contributed by atoms with Crippen molar-refractivity contribution in [3.63, 3.8) is 0 Å². The fourth-order valence-electron chi connectivity index (χ4n) is 2.51. The molecule has 3 rings (SSSR count). The summed E-state index contributed by atoms with van der Waals surface area (Å²) in [5, 5.41) is 0.718. The van der Waals surface area contributed by atoms with Crippen LogP contribution in [0.15, 0.2) is 22.6 Å². The number of hydrogen-bond acceptors (Lipinski definition) is 4. The maximum Gasteiger partial charge on any atom is 0.214 e. The van der Waals surface area contributed by atoms with Crippen LogP contribution in [0.3, 0.4) is 0 Å². The monoisotopic (exact) mass is 305 g/mol. The van der Waals surface area contributed by atoms with Crippen molar-refractivity contribution < 1.29 is 8.81 Å². The minimum atomic E-state index is -0.478. The maximum atomic E-state index is 13.4.